The molecule has 2 rings (SSSR count). The van der Waals surface area contributed by atoms with Crippen molar-refractivity contribution >= 4 is 15.9 Å². The molecule has 96 valence electrons. The lowest BCUT2D eigenvalue weighted by Gasteiger charge is -2.14. The van der Waals surface area contributed by atoms with Gasteiger partial charge >= 0.3 is 0 Å². The van der Waals surface area contributed by atoms with Crippen LogP contribution in [0.15, 0.2) is 35.1 Å². The molecule has 1 aromatic carbocycles. The molecule has 18 heavy (non-hydrogen) atoms. The van der Waals surface area contributed by atoms with Crippen LogP contribution in [0.5, 0.6) is 0 Å². The van der Waals surface area contributed by atoms with Crippen molar-refractivity contribution in [3.8, 4) is 0 Å². The standard InChI is InChI=1S/C13H15BrFN3/c1-9(10-3-4-12(15)11(14)7-10)17-8-13-16-5-6-18(13)2/h3-7,9,17H,8H2,1-2H3. The van der Waals surface area contributed by atoms with Gasteiger partial charge < -0.3 is 9.88 Å². The summed E-state index contributed by atoms with van der Waals surface area (Å²) in [4.78, 5) is 4.24. The quantitative estimate of drug-likeness (QED) is 0.940. The fourth-order valence-electron chi connectivity index (χ4n) is 1.71. The van der Waals surface area contributed by atoms with Crippen molar-refractivity contribution in [2.45, 2.75) is 19.5 Å². The van der Waals surface area contributed by atoms with Crippen LogP contribution in [0.3, 0.4) is 0 Å². The highest BCUT2D eigenvalue weighted by Crippen LogP contribution is 2.21. The molecule has 1 heterocycles. The number of hydrogen-bond donors (Lipinski definition) is 1. The van der Waals surface area contributed by atoms with E-state index in [4.69, 9.17) is 0 Å². The predicted octanol–water partition coefficient (Wildman–Crippen LogP) is 3.17. The van der Waals surface area contributed by atoms with Gasteiger partial charge in [-0.3, -0.25) is 0 Å². The van der Waals surface area contributed by atoms with Gasteiger partial charge in [0.25, 0.3) is 0 Å². The Balaban J connectivity index is 2.01. The highest BCUT2D eigenvalue weighted by Gasteiger charge is 2.08. The maximum atomic E-state index is 13.1. The first kappa shape index (κ1) is 13.2. The summed E-state index contributed by atoms with van der Waals surface area (Å²) in [6.07, 6.45) is 3.69. The summed E-state index contributed by atoms with van der Waals surface area (Å²) in [6, 6.07) is 5.19. The molecular weight excluding hydrogens is 297 g/mol. The Kier molecular flexibility index (Phi) is 4.14. The van der Waals surface area contributed by atoms with E-state index < -0.39 is 0 Å². The summed E-state index contributed by atoms with van der Waals surface area (Å²) in [5, 5.41) is 3.36. The Morgan fingerprint density at radius 3 is 2.89 bits per heavy atom. The molecule has 0 aliphatic rings. The molecular formula is C13H15BrFN3. The normalized spacial score (nSPS) is 12.7. The van der Waals surface area contributed by atoms with Crippen molar-refractivity contribution in [1.82, 2.24) is 14.9 Å². The van der Waals surface area contributed by atoms with Gasteiger partial charge in [0.1, 0.15) is 11.6 Å². The number of halogens is 2. The largest absolute Gasteiger partial charge is 0.337 e. The van der Waals surface area contributed by atoms with Crippen LogP contribution in [-0.4, -0.2) is 9.55 Å². The van der Waals surface area contributed by atoms with E-state index in [2.05, 4.69) is 26.2 Å². The molecule has 0 amide bonds. The van der Waals surface area contributed by atoms with Crippen LogP contribution in [0, 0.1) is 5.82 Å². The van der Waals surface area contributed by atoms with Crippen LogP contribution in [0.2, 0.25) is 0 Å². The Morgan fingerprint density at radius 1 is 1.50 bits per heavy atom. The smallest absolute Gasteiger partial charge is 0.137 e. The highest BCUT2D eigenvalue weighted by atomic mass is 79.9. The number of aryl methyl sites for hydroxylation is 1. The van der Waals surface area contributed by atoms with Gasteiger partial charge in [-0.15, -0.1) is 0 Å². The highest BCUT2D eigenvalue weighted by molar-refractivity contribution is 9.10. The zero-order valence-electron chi connectivity index (χ0n) is 10.3. The molecule has 0 saturated heterocycles. The number of aromatic nitrogens is 2. The topological polar surface area (TPSA) is 29.9 Å². The molecule has 0 radical (unpaired) electrons. The van der Waals surface area contributed by atoms with Gasteiger partial charge in [0.2, 0.25) is 0 Å². The molecule has 0 bridgehead atoms. The van der Waals surface area contributed by atoms with Crippen LogP contribution in [0.1, 0.15) is 24.4 Å². The number of imidazole rings is 1. The molecule has 1 N–H and O–H groups in total. The number of hydrogen-bond acceptors (Lipinski definition) is 2. The molecule has 1 unspecified atom stereocenters. The van der Waals surface area contributed by atoms with Gasteiger partial charge in [-0.1, -0.05) is 6.07 Å². The second-order valence-corrected chi connectivity index (χ2v) is 5.08. The second-order valence-electron chi connectivity index (χ2n) is 4.23. The number of benzene rings is 1. The van der Waals surface area contributed by atoms with Gasteiger partial charge in [0.05, 0.1) is 11.0 Å². The molecule has 1 atom stereocenters. The second kappa shape index (κ2) is 5.63. The monoisotopic (exact) mass is 311 g/mol. The summed E-state index contributed by atoms with van der Waals surface area (Å²) >= 11 is 3.20. The number of nitrogens with zero attached hydrogens (tertiary/aromatic N) is 2. The Bertz CT molecular complexity index is 539. The minimum Gasteiger partial charge on any atom is -0.337 e. The lowest BCUT2D eigenvalue weighted by Crippen LogP contribution is -2.20. The SMILES string of the molecule is CC(NCc1nccn1C)c1ccc(F)c(Br)c1. The lowest BCUT2D eigenvalue weighted by molar-refractivity contribution is 0.546. The molecule has 0 spiro atoms. The zero-order chi connectivity index (χ0) is 13.1. The fraction of sp³-hybridized carbons (Fsp3) is 0.308. The van der Waals surface area contributed by atoms with Gasteiger partial charge in [0.15, 0.2) is 0 Å². The van der Waals surface area contributed by atoms with Crippen molar-refractivity contribution in [3.63, 3.8) is 0 Å². The van der Waals surface area contributed by atoms with Crippen molar-refractivity contribution in [2.75, 3.05) is 0 Å². The van der Waals surface area contributed by atoms with Gasteiger partial charge in [-0.05, 0) is 40.5 Å². The maximum Gasteiger partial charge on any atom is 0.137 e. The first-order valence-corrected chi connectivity index (χ1v) is 6.51. The Hall–Kier alpha value is -1.20. The maximum absolute atomic E-state index is 13.1. The minimum absolute atomic E-state index is 0.138. The third-order valence-corrected chi connectivity index (χ3v) is 3.54. The minimum atomic E-state index is -0.241. The van der Waals surface area contributed by atoms with E-state index in [1.54, 1.807) is 18.3 Å². The summed E-state index contributed by atoms with van der Waals surface area (Å²) in [7, 11) is 1.96. The first-order chi connectivity index (χ1) is 8.58. The van der Waals surface area contributed by atoms with E-state index in [9.17, 15) is 4.39 Å². The average Bonchev–Trinajstić information content (AvgIpc) is 2.75. The van der Waals surface area contributed by atoms with Crippen molar-refractivity contribution in [3.05, 3.63) is 52.3 Å². The molecule has 5 heteroatoms. The molecule has 3 nitrogen and oxygen atoms in total. The predicted molar refractivity (Wildman–Crippen MR) is 72.6 cm³/mol. The molecule has 0 aliphatic carbocycles. The molecule has 1 aromatic heterocycles. The molecule has 0 fully saturated rings. The fourth-order valence-corrected chi connectivity index (χ4v) is 2.11. The molecule has 2 aromatic rings. The molecule has 0 saturated carbocycles. The van der Waals surface area contributed by atoms with Crippen LogP contribution < -0.4 is 5.32 Å². The number of nitrogens with one attached hydrogen (secondary N) is 1. The average molecular weight is 312 g/mol. The summed E-state index contributed by atoms with van der Waals surface area (Å²) in [5.74, 6) is 0.734. The zero-order valence-corrected chi connectivity index (χ0v) is 11.9. The van der Waals surface area contributed by atoms with Gasteiger partial charge in [0, 0.05) is 25.5 Å². The van der Waals surface area contributed by atoms with E-state index >= 15 is 0 Å². The van der Waals surface area contributed by atoms with Gasteiger partial charge in [-0.25, -0.2) is 9.37 Å². The Labute approximate surface area is 114 Å². The summed E-state index contributed by atoms with van der Waals surface area (Å²) in [6.45, 7) is 2.72. The van der Waals surface area contributed by atoms with Crippen molar-refractivity contribution in [2.24, 2.45) is 7.05 Å². The van der Waals surface area contributed by atoms with E-state index in [1.807, 2.05) is 24.7 Å². The van der Waals surface area contributed by atoms with Crippen molar-refractivity contribution in [1.29, 1.82) is 0 Å². The van der Waals surface area contributed by atoms with Crippen LogP contribution in [-0.2, 0) is 13.6 Å². The van der Waals surface area contributed by atoms with Crippen molar-refractivity contribution < 1.29 is 4.39 Å². The van der Waals surface area contributed by atoms with E-state index in [0.717, 1.165) is 11.4 Å². The van der Waals surface area contributed by atoms with Crippen LogP contribution >= 0.6 is 15.9 Å². The summed E-state index contributed by atoms with van der Waals surface area (Å²) < 4.78 is 15.6. The van der Waals surface area contributed by atoms with Gasteiger partial charge in [-0.2, -0.15) is 0 Å². The lowest BCUT2D eigenvalue weighted by atomic mass is 10.1. The molecule has 0 aliphatic heterocycles. The van der Waals surface area contributed by atoms with E-state index in [-0.39, 0.29) is 11.9 Å². The third kappa shape index (κ3) is 2.97. The van der Waals surface area contributed by atoms with E-state index in [1.165, 1.54) is 6.07 Å². The third-order valence-electron chi connectivity index (χ3n) is 2.93. The van der Waals surface area contributed by atoms with Crippen LogP contribution in [0.4, 0.5) is 4.39 Å². The first-order valence-electron chi connectivity index (χ1n) is 5.72. The van der Waals surface area contributed by atoms with E-state index in [0.29, 0.717) is 11.0 Å². The number of rotatable bonds is 4. The summed E-state index contributed by atoms with van der Waals surface area (Å²) in [5.41, 5.74) is 1.04. The van der Waals surface area contributed by atoms with Crippen LogP contribution in [0.25, 0.3) is 0 Å². The Morgan fingerprint density at radius 2 is 2.28 bits per heavy atom.